The number of rotatable bonds is 5. The Morgan fingerprint density at radius 3 is 2.92 bits per heavy atom. The van der Waals surface area contributed by atoms with Crippen LogP contribution in [0.2, 0.25) is 0 Å². The second-order valence-electron chi connectivity index (χ2n) is 3.19. The Balaban J connectivity index is 2.13. The van der Waals surface area contributed by atoms with Gasteiger partial charge in [-0.15, -0.1) is 5.10 Å². The van der Waals surface area contributed by atoms with Gasteiger partial charge in [0.15, 0.2) is 0 Å². The van der Waals surface area contributed by atoms with E-state index in [1.54, 1.807) is 6.20 Å². The van der Waals surface area contributed by atoms with E-state index in [1.807, 2.05) is 12.1 Å². The predicted octanol–water partition coefficient (Wildman–Crippen LogP) is 0.840. The van der Waals surface area contributed by atoms with Crippen LogP contribution in [0.1, 0.15) is 6.42 Å². The molecule has 1 aromatic heterocycles. The Morgan fingerprint density at radius 1 is 1.46 bits per heavy atom. The van der Waals surface area contributed by atoms with Crippen LogP contribution >= 0.6 is 0 Å². The van der Waals surface area contributed by atoms with Crippen LogP contribution in [0, 0.1) is 0 Å². The molecule has 0 atom stereocenters. The average Bonchev–Trinajstić information content (AvgIpc) is 2.14. The Morgan fingerprint density at radius 2 is 2.31 bits per heavy atom. The lowest BCUT2D eigenvalue weighted by atomic mass is 10.4. The summed E-state index contributed by atoms with van der Waals surface area (Å²) in [4.78, 5) is 2.17. The largest absolute Gasteiger partial charge is 0.369 e. The molecule has 0 aliphatic rings. The molecule has 0 radical (unpaired) electrons. The van der Waals surface area contributed by atoms with E-state index >= 15 is 0 Å². The molecular formula is C9H16N4. The van der Waals surface area contributed by atoms with E-state index in [-0.39, 0.29) is 0 Å². The average molecular weight is 180 g/mol. The highest BCUT2D eigenvalue weighted by molar-refractivity contribution is 5.30. The SMILES string of the molecule is CN(C)CCCNc1cccnn1. The van der Waals surface area contributed by atoms with Crippen LogP contribution in [-0.4, -0.2) is 42.3 Å². The maximum absolute atomic E-state index is 3.92. The van der Waals surface area contributed by atoms with Gasteiger partial charge in [0.1, 0.15) is 5.82 Å². The molecule has 13 heavy (non-hydrogen) atoms. The van der Waals surface area contributed by atoms with Crippen LogP contribution in [0.15, 0.2) is 18.3 Å². The number of hydrogen-bond donors (Lipinski definition) is 1. The van der Waals surface area contributed by atoms with Gasteiger partial charge in [0.25, 0.3) is 0 Å². The van der Waals surface area contributed by atoms with Gasteiger partial charge in [0.2, 0.25) is 0 Å². The molecule has 1 heterocycles. The third kappa shape index (κ3) is 4.42. The van der Waals surface area contributed by atoms with Crippen molar-refractivity contribution in [2.45, 2.75) is 6.42 Å². The number of anilines is 1. The van der Waals surface area contributed by atoms with Crippen LogP contribution in [0.3, 0.4) is 0 Å². The lowest BCUT2D eigenvalue weighted by Gasteiger charge is -2.09. The summed E-state index contributed by atoms with van der Waals surface area (Å²) in [6.45, 7) is 2.03. The first-order valence-corrected chi connectivity index (χ1v) is 4.45. The molecule has 0 fully saturated rings. The van der Waals surface area contributed by atoms with Crippen LogP contribution in [0.5, 0.6) is 0 Å². The van der Waals surface area contributed by atoms with Crippen molar-refractivity contribution >= 4 is 5.82 Å². The lowest BCUT2D eigenvalue weighted by Crippen LogP contribution is -2.16. The van der Waals surface area contributed by atoms with Gasteiger partial charge >= 0.3 is 0 Å². The van der Waals surface area contributed by atoms with E-state index in [0.29, 0.717) is 0 Å². The molecule has 0 aliphatic carbocycles. The van der Waals surface area contributed by atoms with Gasteiger partial charge in [-0.25, -0.2) is 0 Å². The molecule has 4 nitrogen and oxygen atoms in total. The second kappa shape index (κ2) is 5.48. The van der Waals surface area contributed by atoms with Crippen LogP contribution in [0.4, 0.5) is 5.82 Å². The minimum Gasteiger partial charge on any atom is -0.369 e. The van der Waals surface area contributed by atoms with E-state index in [4.69, 9.17) is 0 Å². The fourth-order valence-electron chi connectivity index (χ4n) is 1.01. The summed E-state index contributed by atoms with van der Waals surface area (Å²) >= 11 is 0. The van der Waals surface area contributed by atoms with Crippen LogP contribution in [-0.2, 0) is 0 Å². The zero-order chi connectivity index (χ0) is 9.52. The number of hydrogen-bond acceptors (Lipinski definition) is 4. The zero-order valence-electron chi connectivity index (χ0n) is 8.20. The third-order valence-corrected chi connectivity index (χ3v) is 1.66. The fraction of sp³-hybridized carbons (Fsp3) is 0.556. The smallest absolute Gasteiger partial charge is 0.148 e. The van der Waals surface area contributed by atoms with Gasteiger partial charge in [-0.05, 0) is 39.2 Å². The molecule has 0 bridgehead atoms. The van der Waals surface area contributed by atoms with E-state index in [2.05, 4.69) is 34.5 Å². The quantitative estimate of drug-likeness (QED) is 0.682. The number of aromatic nitrogens is 2. The Labute approximate surface area is 79.0 Å². The van der Waals surface area contributed by atoms with Gasteiger partial charge in [0.05, 0.1) is 0 Å². The molecule has 0 saturated heterocycles. The van der Waals surface area contributed by atoms with Gasteiger partial charge in [-0.3, -0.25) is 0 Å². The summed E-state index contributed by atoms with van der Waals surface area (Å²) in [6, 6.07) is 3.80. The second-order valence-corrected chi connectivity index (χ2v) is 3.19. The topological polar surface area (TPSA) is 41.0 Å². The van der Waals surface area contributed by atoms with Crippen LogP contribution in [0.25, 0.3) is 0 Å². The summed E-state index contributed by atoms with van der Waals surface area (Å²) in [6.07, 6.45) is 2.79. The molecule has 0 aromatic carbocycles. The maximum Gasteiger partial charge on any atom is 0.148 e. The first-order chi connectivity index (χ1) is 6.29. The van der Waals surface area contributed by atoms with Crippen molar-refractivity contribution < 1.29 is 0 Å². The van der Waals surface area contributed by atoms with Gasteiger partial charge in [-0.1, -0.05) is 0 Å². The van der Waals surface area contributed by atoms with Crippen molar-refractivity contribution in [2.24, 2.45) is 0 Å². The molecular weight excluding hydrogens is 164 g/mol. The normalized spacial score (nSPS) is 10.4. The fourth-order valence-corrected chi connectivity index (χ4v) is 1.01. The highest BCUT2D eigenvalue weighted by Crippen LogP contribution is 1.97. The minimum absolute atomic E-state index is 0.848. The summed E-state index contributed by atoms with van der Waals surface area (Å²) in [5, 5.41) is 10.9. The van der Waals surface area contributed by atoms with Crippen molar-refractivity contribution in [2.75, 3.05) is 32.5 Å². The predicted molar refractivity (Wildman–Crippen MR) is 53.7 cm³/mol. The molecule has 72 valence electrons. The highest BCUT2D eigenvalue weighted by atomic mass is 15.2. The Bertz CT molecular complexity index is 222. The summed E-state index contributed by atoms with van der Waals surface area (Å²) < 4.78 is 0. The standard InChI is InChI=1S/C9H16N4/c1-13(2)8-4-6-10-9-5-3-7-11-12-9/h3,5,7H,4,6,8H2,1-2H3,(H,10,12). The zero-order valence-corrected chi connectivity index (χ0v) is 8.20. The van der Waals surface area contributed by atoms with E-state index in [1.165, 1.54) is 0 Å². The molecule has 0 spiro atoms. The number of nitrogens with zero attached hydrogens (tertiary/aromatic N) is 3. The van der Waals surface area contributed by atoms with Crippen molar-refractivity contribution in [1.29, 1.82) is 0 Å². The third-order valence-electron chi connectivity index (χ3n) is 1.66. The van der Waals surface area contributed by atoms with Crippen molar-refractivity contribution in [3.05, 3.63) is 18.3 Å². The van der Waals surface area contributed by atoms with E-state index in [0.717, 1.165) is 25.3 Å². The van der Waals surface area contributed by atoms with E-state index in [9.17, 15) is 0 Å². The molecule has 0 aliphatic heterocycles. The van der Waals surface area contributed by atoms with Gasteiger partial charge in [-0.2, -0.15) is 5.10 Å². The summed E-state index contributed by atoms with van der Waals surface area (Å²) in [5.74, 6) is 0.848. The maximum atomic E-state index is 3.92. The monoisotopic (exact) mass is 180 g/mol. The molecule has 0 amide bonds. The number of nitrogens with one attached hydrogen (secondary N) is 1. The molecule has 1 aromatic rings. The van der Waals surface area contributed by atoms with Crippen LogP contribution < -0.4 is 5.32 Å². The molecule has 0 saturated carbocycles. The molecule has 0 unspecified atom stereocenters. The first-order valence-electron chi connectivity index (χ1n) is 4.45. The molecule has 4 heteroatoms. The molecule has 1 N–H and O–H groups in total. The summed E-state index contributed by atoms with van der Waals surface area (Å²) in [5.41, 5.74) is 0. The van der Waals surface area contributed by atoms with Crippen molar-refractivity contribution in [1.82, 2.24) is 15.1 Å². The van der Waals surface area contributed by atoms with Gasteiger partial charge < -0.3 is 10.2 Å². The highest BCUT2D eigenvalue weighted by Gasteiger charge is 1.92. The van der Waals surface area contributed by atoms with Gasteiger partial charge in [0, 0.05) is 12.7 Å². The summed E-state index contributed by atoms with van der Waals surface area (Å²) in [7, 11) is 4.14. The van der Waals surface area contributed by atoms with E-state index < -0.39 is 0 Å². The minimum atomic E-state index is 0.848. The lowest BCUT2D eigenvalue weighted by molar-refractivity contribution is 0.405. The van der Waals surface area contributed by atoms with Crippen molar-refractivity contribution in [3.8, 4) is 0 Å². The Kier molecular flexibility index (Phi) is 4.18. The van der Waals surface area contributed by atoms with Crippen molar-refractivity contribution in [3.63, 3.8) is 0 Å². The Hall–Kier alpha value is -1.16. The molecule has 1 rings (SSSR count). The first kappa shape index (κ1) is 9.92.